The number of nitrogens with zero attached hydrogens (tertiary/aromatic N) is 5. The molecule has 9 heteroatoms. The van der Waals surface area contributed by atoms with E-state index in [-0.39, 0.29) is 14.7 Å². The van der Waals surface area contributed by atoms with E-state index in [1.165, 1.54) is 12.8 Å². The minimum Gasteiger partial charge on any atom is -0.493 e. The zero-order valence-corrected chi connectivity index (χ0v) is 20.9. The lowest BCUT2D eigenvalue weighted by atomic mass is 9.60. The number of carbonyl (C=O) groups is 2. The molecule has 2 aliphatic carbocycles. The average Bonchev–Trinajstić information content (AvgIpc) is 3.33. The Bertz CT molecular complexity index is 1590. The van der Waals surface area contributed by atoms with Crippen LogP contribution in [0.5, 0.6) is 5.75 Å². The van der Waals surface area contributed by atoms with Crippen LogP contribution >= 0.6 is 0 Å². The molecule has 4 atom stereocenters. The van der Waals surface area contributed by atoms with E-state index in [4.69, 9.17) is 9.72 Å². The van der Waals surface area contributed by atoms with Crippen molar-refractivity contribution >= 4 is 33.8 Å². The van der Waals surface area contributed by atoms with E-state index in [1.54, 1.807) is 0 Å². The number of H-pyrrole nitrogens is 1. The number of hydrogen-bond donors (Lipinski definition) is 1. The van der Waals surface area contributed by atoms with E-state index in [0.717, 1.165) is 48.3 Å². The van der Waals surface area contributed by atoms with Crippen LogP contribution in [0.1, 0.15) is 36.5 Å². The van der Waals surface area contributed by atoms with Crippen LogP contribution < -0.4 is 4.74 Å². The van der Waals surface area contributed by atoms with E-state index in [9.17, 15) is 9.59 Å². The van der Waals surface area contributed by atoms with Gasteiger partial charge in [0.05, 0.1) is 12.1 Å². The van der Waals surface area contributed by atoms with Crippen molar-refractivity contribution in [2.24, 2.45) is 29.6 Å². The number of rotatable bonds is 5. The molecule has 2 aromatic carbocycles. The van der Waals surface area contributed by atoms with Crippen LogP contribution in [0.15, 0.2) is 48.5 Å². The van der Waals surface area contributed by atoms with Crippen LogP contribution in [-0.4, -0.2) is 74.8 Å². The summed E-state index contributed by atoms with van der Waals surface area (Å²) in [7, 11) is 0. The normalized spacial score (nSPS) is 25.9. The third kappa shape index (κ3) is 3.48. The molecular formula is C29H32N6O3. The highest BCUT2D eigenvalue weighted by Gasteiger charge is 2.59. The number of hydrogen-bond acceptors (Lipinski definition) is 6. The highest BCUT2D eigenvalue weighted by molar-refractivity contribution is 5.98. The van der Waals surface area contributed by atoms with Gasteiger partial charge in [0.1, 0.15) is 22.5 Å². The fourth-order valence-electron chi connectivity index (χ4n) is 6.89. The van der Waals surface area contributed by atoms with E-state index in [2.05, 4.69) is 15.4 Å². The molecule has 2 saturated heterocycles. The highest BCUT2D eigenvalue weighted by atomic mass is 16.5. The van der Waals surface area contributed by atoms with Gasteiger partial charge < -0.3 is 14.5 Å². The fraction of sp³-hybridized carbons (Fsp3) is 0.414. The Morgan fingerprint density at radius 2 is 1.53 bits per heavy atom. The second-order valence-corrected chi connectivity index (χ2v) is 11.4. The maximum Gasteiger partial charge on any atom is 0.272 e. The van der Waals surface area contributed by atoms with Gasteiger partial charge >= 0.3 is 0 Å². The maximum absolute atomic E-state index is 13.6. The van der Waals surface area contributed by atoms with Crippen molar-refractivity contribution in [3.8, 4) is 5.75 Å². The van der Waals surface area contributed by atoms with Crippen LogP contribution in [0.2, 0.25) is 0 Å². The second-order valence-electron chi connectivity index (χ2n) is 11.4. The van der Waals surface area contributed by atoms with Gasteiger partial charge in [-0.15, -0.1) is 0 Å². The van der Waals surface area contributed by atoms with E-state index in [1.807, 2.05) is 58.3 Å². The molecule has 8 rings (SSSR count). The number of amides is 2. The Labute approximate surface area is 222 Å². The molecule has 38 heavy (non-hydrogen) atoms. The Morgan fingerprint density at radius 3 is 2.26 bits per heavy atom. The Hall–Kier alpha value is -4.01. The number of benzene rings is 2. The summed E-state index contributed by atoms with van der Waals surface area (Å²) in [6.45, 7) is 3.64. The zero-order chi connectivity index (χ0) is 25.4. The average molecular weight is 513 g/mol. The number of ether oxygens (including phenoxy) is 1. The number of carbonyl (C=O) groups excluding carboxylic acids is 2. The molecule has 196 valence electrons. The molecule has 2 unspecified atom stereocenters. The third-order valence-electron chi connectivity index (χ3n) is 9.13. The standard InChI is InChI=1S/C29H28N6O3.2H2/c36-28(17-7-8-24-25(9-17)32-33-31-24)34-11-19-20(12-34)22-14-35(13-21(19)22)29(37)26-10-27(38-15-16-5-6-16)18-3-1-2-4-23(18)30-26;;/h1-4,7-10,16,19-22H,5-6,11-15H2,(H,31,32,33);2*1H/t19-,20+,21?,22?;;. The number of aromatic amines is 1. The molecule has 2 amide bonds. The largest absolute Gasteiger partial charge is 0.493 e. The first-order valence-corrected chi connectivity index (χ1v) is 13.5. The molecule has 0 bridgehead atoms. The molecule has 9 nitrogen and oxygen atoms in total. The molecule has 1 N–H and O–H groups in total. The lowest BCUT2D eigenvalue weighted by Gasteiger charge is -2.42. The summed E-state index contributed by atoms with van der Waals surface area (Å²) in [5.74, 6) is 3.17. The molecule has 4 aromatic rings. The predicted octanol–water partition coefficient (Wildman–Crippen LogP) is 3.88. The van der Waals surface area contributed by atoms with Gasteiger partial charge in [-0.1, -0.05) is 12.1 Å². The Kier molecular flexibility index (Phi) is 4.78. The highest BCUT2D eigenvalue weighted by Crippen LogP contribution is 2.54. The van der Waals surface area contributed by atoms with Gasteiger partial charge in [-0.25, -0.2) is 4.98 Å². The molecule has 0 spiro atoms. The van der Waals surface area contributed by atoms with Gasteiger partial charge in [0.25, 0.3) is 11.8 Å². The van der Waals surface area contributed by atoms with Crippen LogP contribution in [0.3, 0.4) is 0 Å². The first-order chi connectivity index (χ1) is 18.6. The molecule has 2 aliphatic heterocycles. The first-order valence-electron chi connectivity index (χ1n) is 13.5. The molecule has 4 heterocycles. The molecular weight excluding hydrogens is 480 g/mol. The number of fused-ring (bicyclic) bond motifs is 6. The summed E-state index contributed by atoms with van der Waals surface area (Å²) in [5, 5.41) is 11.7. The zero-order valence-electron chi connectivity index (χ0n) is 20.9. The van der Waals surface area contributed by atoms with Gasteiger partial charge in [0.15, 0.2) is 0 Å². The summed E-state index contributed by atoms with van der Waals surface area (Å²) in [4.78, 5) is 35.5. The smallest absolute Gasteiger partial charge is 0.272 e. The summed E-state index contributed by atoms with van der Waals surface area (Å²) < 4.78 is 6.14. The number of likely N-dealkylation sites (tertiary alicyclic amines) is 2. The van der Waals surface area contributed by atoms with Crippen LogP contribution in [-0.2, 0) is 0 Å². The summed E-state index contributed by atoms with van der Waals surface area (Å²) in [6.07, 6.45) is 2.43. The van der Waals surface area contributed by atoms with Crippen molar-refractivity contribution in [1.82, 2.24) is 30.2 Å². The number of para-hydroxylation sites is 1. The molecule has 4 aliphatic rings. The lowest BCUT2D eigenvalue weighted by Crippen LogP contribution is -2.44. The van der Waals surface area contributed by atoms with Gasteiger partial charge in [0, 0.05) is 46.0 Å². The predicted molar refractivity (Wildman–Crippen MR) is 144 cm³/mol. The summed E-state index contributed by atoms with van der Waals surface area (Å²) in [5.41, 5.74) is 3.36. The van der Waals surface area contributed by atoms with Gasteiger partial charge in [0.2, 0.25) is 0 Å². The summed E-state index contributed by atoms with van der Waals surface area (Å²) >= 11 is 0. The SMILES string of the molecule is O=C(c1ccc2n[nH]nc2c1)N1C[C@@H]2C3CN(C(=O)c4cc(OCC5CC5)c5ccccc5n4)CC3[C@@H]2C1.[HH].[HH]. The van der Waals surface area contributed by atoms with Crippen LogP contribution in [0, 0.1) is 29.6 Å². The van der Waals surface area contributed by atoms with Gasteiger partial charge in [-0.2, -0.15) is 15.4 Å². The minimum absolute atomic E-state index is 0. The van der Waals surface area contributed by atoms with E-state index < -0.39 is 0 Å². The van der Waals surface area contributed by atoms with E-state index >= 15 is 0 Å². The van der Waals surface area contributed by atoms with Crippen molar-refractivity contribution in [3.63, 3.8) is 0 Å². The second kappa shape index (κ2) is 8.24. The lowest BCUT2D eigenvalue weighted by molar-refractivity contribution is 0.0629. The molecule has 0 radical (unpaired) electrons. The summed E-state index contributed by atoms with van der Waals surface area (Å²) in [6, 6.07) is 15.2. The number of aromatic nitrogens is 4. The van der Waals surface area contributed by atoms with Crippen LogP contribution in [0.25, 0.3) is 21.9 Å². The van der Waals surface area contributed by atoms with Crippen molar-refractivity contribution in [3.05, 3.63) is 59.8 Å². The van der Waals surface area contributed by atoms with Crippen LogP contribution in [0.4, 0.5) is 0 Å². The van der Waals surface area contributed by atoms with Gasteiger partial charge in [-0.05, 0) is 72.8 Å². The number of pyridine rings is 1. The monoisotopic (exact) mass is 512 g/mol. The Balaban J connectivity index is 0.00000145. The first kappa shape index (κ1) is 22.0. The minimum atomic E-state index is -0.0201. The van der Waals surface area contributed by atoms with Crippen molar-refractivity contribution in [2.45, 2.75) is 12.8 Å². The van der Waals surface area contributed by atoms with Crippen molar-refractivity contribution in [1.29, 1.82) is 0 Å². The van der Waals surface area contributed by atoms with Crippen molar-refractivity contribution < 1.29 is 17.2 Å². The fourth-order valence-corrected chi connectivity index (χ4v) is 6.89. The topological polar surface area (TPSA) is 104 Å². The Morgan fingerprint density at radius 1 is 0.842 bits per heavy atom. The maximum atomic E-state index is 13.6. The molecule has 2 aromatic heterocycles. The van der Waals surface area contributed by atoms with Crippen molar-refractivity contribution in [2.75, 3.05) is 32.8 Å². The number of nitrogens with one attached hydrogen (secondary N) is 1. The van der Waals surface area contributed by atoms with Gasteiger partial charge in [-0.3, -0.25) is 9.59 Å². The third-order valence-corrected chi connectivity index (χ3v) is 9.13. The molecule has 2 saturated carbocycles. The molecule has 4 fully saturated rings. The van der Waals surface area contributed by atoms with E-state index in [0.29, 0.717) is 53.0 Å². The quantitative estimate of drug-likeness (QED) is 0.435.